The third-order valence-electron chi connectivity index (χ3n) is 5.63. The van der Waals surface area contributed by atoms with E-state index in [1.54, 1.807) is 6.20 Å². The van der Waals surface area contributed by atoms with Gasteiger partial charge in [0.25, 0.3) is 0 Å². The van der Waals surface area contributed by atoms with Gasteiger partial charge < -0.3 is 9.64 Å². The third-order valence-corrected chi connectivity index (χ3v) is 5.63. The number of hydrogen-bond donors (Lipinski definition) is 0. The SMILES string of the molecule is CC1(C(=O)N2CCC(Cn3ccnn3)CC2)CCOc2ccccc21. The molecule has 1 saturated heterocycles. The Labute approximate surface area is 147 Å². The fraction of sp³-hybridized carbons (Fsp3) is 0.526. The number of carbonyl (C=O) groups excluding carboxylic acids is 1. The van der Waals surface area contributed by atoms with Gasteiger partial charge in [-0.1, -0.05) is 23.4 Å². The molecule has 132 valence electrons. The molecule has 0 N–H and O–H groups in total. The van der Waals surface area contributed by atoms with E-state index in [0.717, 1.165) is 50.2 Å². The first-order chi connectivity index (χ1) is 12.2. The molecule has 1 fully saturated rings. The zero-order valence-corrected chi connectivity index (χ0v) is 14.6. The number of likely N-dealkylation sites (tertiary alicyclic amines) is 1. The Morgan fingerprint density at radius 1 is 1.32 bits per heavy atom. The van der Waals surface area contributed by atoms with Gasteiger partial charge in [-0.15, -0.1) is 5.10 Å². The van der Waals surface area contributed by atoms with Crippen LogP contribution in [0.25, 0.3) is 0 Å². The summed E-state index contributed by atoms with van der Waals surface area (Å²) in [5, 5.41) is 7.91. The average molecular weight is 340 g/mol. The summed E-state index contributed by atoms with van der Waals surface area (Å²) < 4.78 is 7.63. The molecule has 2 aliphatic heterocycles. The van der Waals surface area contributed by atoms with Crippen molar-refractivity contribution in [3.63, 3.8) is 0 Å². The Hall–Kier alpha value is -2.37. The highest BCUT2D eigenvalue weighted by Crippen LogP contribution is 2.40. The molecule has 2 aromatic rings. The number of ether oxygens (including phenoxy) is 1. The summed E-state index contributed by atoms with van der Waals surface area (Å²) in [6.07, 6.45) is 6.38. The number of para-hydroxylation sites is 1. The molecule has 1 aromatic carbocycles. The van der Waals surface area contributed by atoms with Crippen LogP contribution in [0.3, 0.4) is 0 Å². The highest BCUT2D eigenvalue weighted by Gasteiger charge is 2.43. The quantitative estimate of drug-likeness (QED) is 0.860. The smallest absolute Gasteiger partial charge is 0.233 e. The largest absolute Gasteiger partial charge is 0.493 e. The van der Waals surface area contributed by atoms with Crippen LogP contribution in [0, 0.1) is 5.92 Å². The van der Waals surface area contributed by atoms with Crippen molar-refractivity contribution in [3.05, 3.63) is 42.2 Å². The minimum absolute atomic E-state index is 0.238. The molecule has 2 aliphatic rings. The van der Waals surface area contributed by atoms with Gasteiger partial charge in [0, 0.05) is 31.4 Å². The van der Waals surface area contributed by atoms with Crippen molar-refractivity contribution in [2.24, 2.45) is 5.92 Å². The molecule has 1 atom stereocenters. The zero-order valence-electron chi connectivity index (χ0n) is 14.6. The van der Waals surface area contributed by atoms with Crippen molar-refractivity contribution in [2.75, 3.05) is 19.7 Å². The van der Waals surface area contributed by atoms with Crippen LogP contribution in [0.4, 0.5) is 0 Å². The molecule has 0 aliphatic carbocycles. The maximum atomic E-state index is 13.3. The fourth-order valence-corrected chi connectivity index (χ4v) is 4.03. The number of fused-ring (bicyclic) bond motifs is 1. The molecule has 25 heavy (non-hydrogen) atoms. The van der Waals surface area contributed by atoms with Crippen LogP contribution in [-0.4, -0.2) is 45.5 Å². The Balaban J connectivity index is 1.44. The maximum absolute atomic E-state index is 13.3. The van der Waals surface area contributed by atoms with Crippen molar-refractivity contribution >= 4 is 5.91 Å². The molecule has 3 heterocycles. The topological polar surface area (TPSA) is 60.2 Å². The summed E-state index contributed by atoms with van der Waals surface area (Å²) in [4.78, 5) is 15.3. The molecular formula is C19H24N4O2. The number of carbonyl (C=O) groups is 1. The summed E-state index contributed by atoms with van der Waals surface area (Å²) in [6, 6.07) is 7.95. The monoisotopic (exact) mass is 340 g/mol. The Bertz CT molecular complexity index is 738. The van der Waals surface area contributed by atoms with Crippen molar-refractivity contribution in [1.29, 1.82) is 0 Å². The number of nitrogens with zero attached hydrogens (tertiary/aromatic N) is 4. The van der Waals surface area contributed by atoms with Crippen molar-refractivity contribution in [3.8, 4) is 5.75 Å². The first-order valence-corrected chi connectivity index (χ1v) is 9.02. The van der Waals surface area contributed by atoms with Crippen LogP contribution in [0.1, 0.15) is 31.7 Å². The number of amides is 1. The van der Waals surface area contributed by atoms with Crippen molar-refractivity contribution in [1.82, 2.24) is 19.9 Å². The lowest BCUT2D eigenvalue weighted by Gasteiger charge is -2.41. The maximum Gasteiger partial charge on any atom is 0.233 e. The molecule has 1 amide bonds. The normalized spacial score (nSPS) is 23.8. The second-order valence-corrected chi connectivity index (χ2v) is 7.29. The Morgan fingerprint density at radius 2 is 2.12 bits per heavy atom. The van der Waals surface area contributed by atoms with E-state index in [0.29, 0.717) is 12.5 Å². The second-order valence-electron chi connectivity index (χ2n) is 7.29. The minimum Gasteiger partial charge on any atom is -0.493 e. The van der Waals surface area contributed by atoms with E-state index in [4.69, 9.17) is 4.74 Å². The van der Waals surface area contributed by atoms with Gasteiger partial charge in [0.2, 0.25) is 5.91 Å². The molecule has 4 rings (SSSR count). The molecule has 0 saturated carbocycles. The van der Waals surface area contributed by atoms with Crippen LogP contribution >= 0.6 is 0 Å². The lowest BCUT2D eigenvalue weighted by atomic mass is 9.76. The molecule has 6 heteroatoms. The highest BCUT2D eigenvalue weighted by atomic mass is 16.5. The van der Waals surface area contributed by atoms with E-state index in [2.05, 4.69) is 17.2 Å². The van der Waals surface area contributed by atoms with Crippen LogP contribution in [0.15, 0.2) is 36.7 Å². The fourth-order valence-electron chi connectivity index (χ4n) is 4.03. The minimum atomic E-state index is -0.479. The molecule has 1 aromatic heterocycles. The lowest BCUT2D eigenvalue weighted by molar-refractivity contribution is -0.139. The van der Waals surface area contributed by atoms with Gasteiger partial charge in [0.1, 0.15) is 5.75 Å². The summed E-state index contributed by atoms with van der Waals surface area (Å²) in [6.45, 7) is 5.18. The van der Waals surface area contributed by atoms with Gasteiger partial charge in [0.15, 0.2) is 0 Å². The second kappa shape index (κ2) is 6.50. The van der Waals surface area contributed by atoms with Crippen LogP contribution in [-0.2, 0) is 16.8 Å². The van der Waals surface area contributed by atoms with E-state index in [9.17, 15) is 4.79 Å². The molecule has 0 bridgehead atoms. The number of hydrogen-bond acceptors (Lipinski definition) is 4. The Kier molecular flexibility index (Phi) is 4.19. The molecule has 6 nitrogen and oxygen atoms in total. The molecule has 0 radical (unpaired) electrons. The highest BCUT2D eigenvalue weighted by molar-refractivity contribution is 5.89. The van der Waals surface area contributed by atoms with Crippen molar-refractivity contribution < 1.29 is 9.53 Å². The van der Waals surface area contributed by atoms with E-state index >= 15 is 0 Å². The van der Waals surface area contributed by atoms with Gasteiger partial charge in [-0.2, -0.15) is 0 Å². The summed E-state index contributed by atoms with van der Waals surface area (Å²) in [5.74, 6) is 1.65. The van der Waals surface area contributed by atoms with Gasteiger partial charge in [-0.25, -0.2) is 0 Å². The number of benzene rings is 1. The number of piperidine rings is 1. The standard InChI is InChI=1S/C19H24N4O2/c1-19(8-13-25-17-5-3-2-4-16(17)19)18(24)22-10-6-15(7-11-22)14-23-12-9-20-21-23/h2-5,9,12,15H,6-8,10-11,13-14H2,1H3. The van der Waals surface area contributed by atoms with Gasteiger partial charge in [-0.05, 0) is 38.2 Å². The molecule has 1 unspecified atom stereocenters. The van der Waals surface area contributed by atoms with Crippen LogP contribution < -0.4 is 4.74 Å². The third kappa shape index (κ3) is 3.01. The van der Waals surface area contributed by atoms with Crippen LogP contribution in [0.5, 0.6) is 5.75 Å². The summed E-state index contributed by atoms with van der Waals surface area (Å²) in [5.41, 5.74) is 0.545. The number of rotatable bonds is 3. The molecular weight excluding hydrogens is 316 g/mol. The zero-order chi connectivity index (χ0) is 17.3. The first-order valence-electron chi connectivity index (χ1n) is 9.02. The van der Waals surface area contributed by atoms with Gasteiger partial charge in [-0.3, -0.25) is 9.48 Å². The van der Waals surface area contributed by atoms with E-state index in [1.807, 2.05) is 40.0 Å². The van der Waals surface area contributed by atoms with Crippen LogP contribution in [0.2, 0.25) is 0 Å². The van der Waals surface area contributed by atoms with Crippen molar-refractivity contribution in [2.45, 2.75) is 38.1 Å². The Morgan fingerprint density at radius 3 is 2.88 bits per heavy atom. The summed E-state index contributed by atoms with van der Waals surface area (Å²) in [7, 11) is 0. The molecule has 0 spiro atoms. The first kappa shape index (κ1) is 16.1. The van der Waals surface area contributed by atoms with E-state index in [1.165, 1.54) is 0 Å². The van der Waals surface area contributed by atoms with E-state index < -0.39 is 5.41 Å². The predicted octanol–water partition coefficient (Wildman–Crippen LogP) is 2.26. The summed E-state index contributed by atoms with van der Waals surface area (Å²) >= 11 is 0. The average Bonchev–Trinajstić information content (AvgIpc) is 3.15. The number of aromatic nitrogens is 3. The predicted molar refractivity (Wildman–Crippen MR) is 93.2 cm³/mol. The lowest BCUT2D eigenvalue weighted by Crippen LogP contribution is -2.50. The van der Waals surface area contributed by atoms with E-state index in [-0.39, 0.29) is 5.91 Å². The van der Waals surface area contributed by atoms with Gasteiger partial charge in [0.05, 0.1) is 18.2 Å². The van der Waals surface area contributed by atoms with Gasteiger partial charge >= 0.3 is 0 Å².